The second kappa shape index (κ2) is 7.14. The van der Waals surface area contributed by atoms with Gasteiger partial charge >= 0.3 is 5.97 Å². The molecule has 0 fully saturated rings. The fourth-order valence-electron chi connectivity index (χ4n) is 4.11. The van der Waals surface area contributed by atoms with Crippen LogP contribution in [0.25, 0.3) is 0 Å². The van der Waals surface area contributed by atoms with Crippen LogP contribution in [-0.2, 0) is 27.4 Å². The summed E-state index contributed by atoms with van der Waals surface area (Å²) in [5.41, 5.74) is 5.93. The molecule has 3 rings (SSSR count). The minimum Gasteiger partial charge on any atom is -0.465 e. The van der Waals surface area contributed by atoms with Gasteiger partial charge in [0.2, 0.25) is 0 Å². The highest BCUT2D eigenvalue weighted by molar-refractivity contribution is 5.94. The predicted octanol–water partition coefficient (Wildman–Crippen LogP) is 7.06. The molecular weight excluding hydrogens is 372 g/mol. The first-order valence-corrected chi connectivity index (χ1v) is 10.8. The number of hydrogen-bond donors (Lipinski definition) is 0. The normalized spacial score (nSPS) is 15.1. The van der Waals surface area contributed by atoms with Gasteiger partial charge in [-0.3, -0.25) is 0 Å². The molecule has 0 unspecified atom stereocenters. The number of benzene rings is 2. The van der Waals surface area contributed by atoms with Gasteiger partial charge in [-0.2, -0.15) is 0 Å². The van der Waals surface area contributed by atoms with Gasteiger partial charge in [0.25, 0.3) is 0 Å². The molecule has 30 heavy (non-hydrogen) atoms. The minimum absolute atomic E-state index is 0.0414. The lowest BCUT2D eigenvalue weighted by molar-refractivity contribution is 0.0597. The Morgan fingerprint density at radius 1 is 0.900 bits per heavy atom. The van der Waals surface area contributed by atoms with Crippen molar-refractivity contribution < 1.29 is 14.3 Å². The van der Waals surface area contributed by atoms with Crippen LogP contribution in [0.1, 0.15) is 100 Å². The van der Waals surface area contributed by atoms with Crippen LogP contribution in [0.4, 0.5) is 0 Å². The Hall–Kier alpha value is -2.29. The zero-order chi connectivity index (χ0) is 22.6. The van der Waals surface area contributed by atoms with Crippen LogP contribution in [0.5, 0.6) is 11.5 Å². The molecule has 3 heteroatoms. The average molecular weight is 409 g/mol. The van der Waals surface area contributed by atoms with Crippen LogP contribution in [0.3, 0.4) is 0 Å². The molecule has 1 aliphatic rings. The summed E-state index contributed by atoms with van der Waals surface area (Å²) in [5.74, 6) is 1.16. The van der Waals surface area contributed by atoms with Gasteiger partial charge in [-0.1, -0.05) is 80.5 Å². The Kier molecular flexibility index (Phi) is 5.33. The molecule has 0 radical (unpaired) electrons. The van der Waals surface area contributed by atoms with E-state index in [9.17, 15) is 4.79 Å². The van der Waals surface area contributed by atoms with E-state index in [2.05, 4.69) is 80.5 Å². The lowest BCUT2D eigenvalue weighted by atomic mass is 9.70. The Morgan fingerprint density at radius 2 is 1.40 bits per heavy atom. The predicted molar refractivity (Wildman–Crippen MR) is 123 cm³/mol. The summed E-state index contributed by atoms with van der Waals surface area (Å²) in [5, 5.41) is 0. The van der Waals surface area contributed by atoms with Crippen molar-refractivity contribution in [2.24, 2.45) is 0 Å². The first kappa shape index (κ1) is 22.4. The van der Waals surface area contributed by atoms with Crippen molar-refractivity contribution in [2.45, 2.75) is 85.0 Å². The standard InChI is InChI=1S/C27H36O3/c1-11-16-12-17(25(2,3)4)14-20-22(16)30-23-19(24(28)29-10)13-18(26(5,6)7)15-21(23)27(20,8)9/h12-15H,11H2,1-10H3. The number of aryl methyl sites for hydroxylation is 1. The summed E-state index contributed by atoms with van der Waals surface area (Å²) in [7, 11) is 1.42. The van der Waals surface area contributed by atoms with Crippen molar-refractivity contribution >= 4 is 5.97 Å². The Bertz CT molecular complexity index is 998. The van der Waals surface area contributed by atoms with Gasteiger partial charge in [-0.15, -0.1) is 0 Å². The summed E-state index contributed by atoms with van der Waals surface area (Å²) in [6.45, 7) is 19.8. The maximum absolute atomic E-state index is 12.7. The number of rotatable bonds is 2. The number of carbonyl (C=O) groups is 1. The number of hydrogen-bond acceptors (Lipinski definition) is 3. The van der Waals surface area contributed by atoms with Crippen molar-refractivity contribution in [3.8, 4) is 11.5 Å². The topological polar surface area (TPSA) is 35.5 Å². The number of methoxy groups -OCH3 is 1. The van der Waals surface area contributed by atoms with Crippen molar-refractivity contribution in [2.75, 3.05) is 7.11 Å². The number of carbonyl (C=O) groups excluding carboxylic acids is 1. The van der Waals surface area contributed by atoms with E-state index in [1.807, 2.05) is 6.07 Å². The highest BCUT2D eigenvalue weighted by Gasteiger charge is 2.39. The summed E-state index contributed by atoms with van der Waals surface area (Å²) in [4.78, 5) is 12.7. The fourth-order valence-corrected chi connectivity index (χ4v) is 4.11. The number of esters is 1. The average Bonchev–Trinajstić information content (AvgIpc) is 2.64. The third-order valence-corrected chi connectivity index (χ3v) is 6.32. The molecule has 2 aromatic rings. The van der Waals surface area contributed by atoms with E-state index in [1.54, 1.807) is 0 Å². The van der Waals surface area contributed by atoms with Crippen molar-refractivity contribution in [3.05, 3.63) is 57.6 Å². The Morgan fingerprint density at radius 3 is 1.87 bits per heavy atom. The third-order valence-electron chi connectivity index (χ3n) is 6.32. The van der Waals surface area contributed by atoms with E-state index < -0.39 is 0 Å². The first-order chi connectivity index (χ1) is 13.7. The molecule has 0 saturated carbocycles. The molecule has 2 aromatic carbocycles. The second-order valence-corrected chi connectivity index (χ2v) is 11.0. The Labute approximate surface area is 181 Å². The van der Waals surface area contributed by atoms with Gasteiger partial charge in [-0.25, -0.2) is 4.79 Å². The summed E-state index contributed by atoms with van der Waals surface area (Å²) < 4.78 is 11.7. The van der Waals surface area contributed by atoms with Crippen LogP contribution in [0.15, 0.2) is 24.3 Å². The molecule has 1 heterocycles. The second-order valence-electron chi connectivity index (χ2n) is 11.0. The highest BCUT2D eigenvalue weighted by atomic mass is 16.5. The maximum atomic E-state index is 12.7. The zero-order valence-electron chi connectivity index (χ0n) is 20.2. The van der Waals surface area contributed by atoms with Crippen molar-refractivity contribution in [1.82, 2.24) is 0 Å². The lowest BCUT2D eigenvalue weighted by Gasteiger charge is -2.38. The minimum atomic E-state index is -0.360. The molecule has 0 bridgehead atoms. The fraction of sp³-hybridized carbons (Fsp3) is 0.519. The molecule has 0 atom stereocenters. The summed E-state index contributed by atoms with van der Waals surface area (Å²) >= 11 is 0. The van der Waals surface area contributed by atoms with E-state index in [0.29, 0.717) is 11.3 Å². The molecular formula is C27H36O3. The SMILES string of the molecule is CCc1cc(C(C)(C)C)cc2c1Oc1c(C(=O)OC)cc(C(C)(C)C)cc1C2(C)C. The van der Waals surface area contributed by atoms with E-state index in [1.165, 1.54) is 23.8 Å². The molecule has 0 aromatic heterocycles. The van der Waals surface area contributed by atoms with E-state index in [-0.39, 0.29) is 22.2 Å². The van der Waals surface area contributed by atoms with Crippen LogP contribution in [-0.4, -0.2) is 13.1 Å². The molecule has 0 amide bonds. The van der Waals surface area contributed by atoms with E-state index in [0.717, 1.165) is 23.3 Å². The monoisotopic (exact) mass is 408 g/mol. The quantitative estimate of drug-likeness (QED) is 0.499. The van der Waals surface area contributed by atoms with Gasteiger partial charge in [0.05, 0.1) is 7.11 Å². The Balaban J connectivity index is 2.37. The smallest absolute Gasteiger partial charge is 0.341 e. The third kappa shape index (κ3) is 3.64. The van der Waals surface area contributed by atoms with Crippen LogP contribution < -0.4 is 4.74 Å². The largest absolute Gasteiger partial charge is 0.465 e. The maximum Gasteiger partial charge on any atom is 0.341 e. The van der Waals surface area contributed by atoms with Gasteiger partial charge in [0, 0.05) is 16.5 Å². The molecule has 0 saturated heterocycles. The molecule has 162 valence electrons. The number of fused-ring (bicyclic) bond motifs is 2. The number of ether oxygens (including phenoxy) is 2. The lowest BCUT2D eigenvalue weighted by Crippen LogP contribution is -2.29. The van der Waals surface area contributed by atoms with Gasteiger partial charge in [0.15, 0.2) is 0 Å². The van der Waals surface area contributed by atoms with E-state index >= 15 is 0 Å². The van der Waals surface area contributed by atoms with Crippen molar-refractivity contribution in [3.63, 3.8) is 0 Å². The first-order valence-electron chi connectivity index (χ1n) is 10.8. The highest BCUT2D eigenvalue weighted by Crippen LogP contribution is 2.52. The van der Waals surface area contributed by atoms with Crippen molar-refractivity contribution in [1.29, 1.82) is 0 Å². The van der Waals surface area contributed by atoms with Gasteiger partial charge < -0.3 is 9.47 Å². The molecule has 3 nitrogen and oxygen atoms in total. The van der Waals surface area contributed by atoms with Crippen LogP contribution >= 0.6 is 0 Å². The molecule has 0 aliphatic carbocycles. The summed E-state index contributed by atoms with van der Waals surface area (Å²) in [6, 6.07) is 8.68. The zero-order valence-corrected chi connectivity index (χ0v) is 20.2. The van der Waals surface area contributed by atoms with Gasteiger partial charge in [-0.05, 0) is 40.0 Å². The molecule has 0 spiro atoms. The summed E-state index contributed by atoms with van der Waals surface area (Å²) in [6.07, 6.45) is 0.866. The van der Waals surface area contributed by atoms with Crippen LogP contribution in [0, 0.1) is 0 Å². The molecule has 0 N–H and O–H groups in total. The van der Waals surface area contributed by atoms with E-state index in [4.69, 9.17) is 9.47 Å². The van der Waals surface area contributed by atoms with Gasteiger partial charge in [0.1, 0.15) is 17.1 Å². The molecule has 1 aliphatic heterocycles. The van der Waals surface area contributed by atoms with Crippen LogP contribution in [0.2, 0.25) is 0 Å².